The molecule has 2 aromatic carbocycles. The first kappa shape index (κ1) is 16.0. The van der Waals surface area contributed by atoms with Crippen LogP contribution in [0.4, 0.5) is 16.2 Å². The minimum absolute atomic E-state index is 0.110. The van der Waals surface area contributed by atoms with Crippen LogP contribution < -0.4 is 15.5 Å². The molecule has 2 amide bonds. The van der Waals surface area contributed by atoms with Crippen molar-refractivity contribution in [1.82, 2.24) is 5.32 Å². The molecule has 2 aromatic rings. The molecule has 0 unspecified atom stereocenters. The molecule has 1 fully saturated rings. The smallest absolute Gasteiger partial charge is 0.319 e. The maximum absolute atomic E-state index is 12.6. The van der Waals surface area contributed by atoms with E-state index in [2.05, 4.69) is 39.8 Å². The van der Waals surface area contributed by atoms with Gasteiger partial charge in [0.25, 0.3) is 0 Å². The second-order valence-electron chi connectivity index (χ2n) is 6.95. The van der Waals surface area contributed by atoms with Crippen LogP contribution in [0.1, 0.15) is 42.9 Å². The third-order valence-corrected chi connectivity index (χ3v) is 5.29. The number of hydrogen-bond donors (Lipinski definition) is 2. The van der Waals surface area contributed by atoms with Gasteiger partial charge >= 0.3 is 6.03 Å². The topological polar surface area (TPSA) is 44.4 Å². The van der Waals surface area contributed by atoms with Crippen LogP contribution in [0.3, 0.4) is 0 Å². The summed E-state index contributed by atoms with van der Waals surface area (Å²) in [4.78, 5) is 15.0. The summed E-state index contributed by atoms with van der Waals surface area (Å²) in [6.07, 6.45) is 5.75. The predicted octanol–water partition coefficient (Wildman–Crippen LogP) is 4.49. The van der Waals surface area contributed by atoms with E-state index < -0.39 is 0 Å². The van der Waals surface area contributed by atoms with Crippen molar-refractivity contribution < 1.29 is 4.79 Å². The highest BCUT2D eigenvalue weighted by molar-refractivity contribution is 5.93. The van der Waals surface area contributed by atoms with Crippen molar-refractivity contribution in [3.05, 3.63) is 59.7 Å². The van der Waals surface area contributed by atoms with Gasteiger partial charge in [-0.2, -0.15) is 0 Å². The largest absolute Gasteiger partial charge is 0.370 e. The summed E-state index contributed by atoms with van der Waals surface area (Å²) < 4.78 is 0. The summed E-state index contributed by atoms with van der Waals surface area (Å²) in [7, 11) is 0. The highest BCUT2D eigenvalue weighted by atomic mass is 16.2. The van der Waals surface area contributed by atoms with Crippen molar-refractivity contribution in [2.24, 2.45) is 0 Å². The average molecular weight is 335 g/mol. The van der Waals surface area contributed by atoms with Gasteiger partial charge in [-0.05, 0) is 55.4 Å². The highest BCUT2D eigenvalue weighted by Gasteiger charge is 2.24. The number of urea groups is 1. The van der Waals surface area contributed by atoms with Gasteiger partial charge in [0, 0.05) is 13.1 Å². The number of carbonyl (C=O) groups excluding carboxylic acids is 1. The Bertz CT molecular complexity index is 752. The molecule has 1 heterocycles. The molecule has 1 atom stereocenters. The zero-order chi connectivity index (χ0) is 17.1. The molecule has 0 aromatic heterocycles. The number of fused-ring (bicyclic) bond motifs is 1. The fraction of sp³-hybridized carbons (Fsp3) is 0.381. The maximum Gasteiger partial charge on any atom is 0.319 e. The van der Waals surface area contributed by atoms with E-state index in [-0.39, 0.29) is 12.1 Å². The van der Waals surface area contributed by atoms with E-state index in [4.69, 9.17) is 0 Å². The van der Waals surface area contributed by atoms with Gasteiger partial charge in [-0.25, -0.2) is 4.79 Å². The Morgan fingerprint density at radius 1 is 0.960 bits per heavy atom. The Labute approximate surface area is 149 Å². The van der Waals surface area contributed by atoms with Crippen LogP contribution in [0.25, 0.3) is 0 Å². The van der Waals surface area contributed by atoms with Crippen LogP contribution >= 0.6 is 0 Å². The lowest BCUT2D eigenvalue weighted by molar-refractivity contribution is 0.248. The van der Waals surface area contributed by atoms with Crippen LogP contribution in [0.2, 0.25) is 0 Å². The number of carbonyl (C=O) groups is 1. The third kappa shape index (κ3) is 3.48. The van der Waals surface area contributed by atoms with Gasteiger partial charge in [0.05, 0.1) is 17.4 Å². The Morgan fingerprint density at radius 2 is 1.72 bits per heavy atom. The average Bonchev–Trinajstić information content (AvgIpc) is 3.06. The van der Waals surface area contributed by atoms with Crippen LogP contribution in [-0.4, -0.2) is 19.1 Å². The second kappa shape index (κ2) is 7.18. The van der Waals surface area contributed by atoms with Gasteiger partial charge < -0.3 is 15.5 Å². The molecule has 25 heavy (non-hydrogen) atoms. The highest BCUT2D eigenvalue weighted by Crippen LogP contribution is 2.31. The zero-order valence-electron chi connectivity index (χ0n) is 14.5. The number of anilines is 2. The van der Waals surface area contributed by atoms with Crippen LogP contribution in [0.5, 0.6) is 0 Å². The number of hydrogen-bond acceptors (Lipinski definition) is 2. The lowest BCUT2D eigenvalue weighted by Gasteiger charge is -2.30. The molecule has 4 heteroatoms. The number of amides is 2. The summed E-state index contributed by atoms with van der Waals surface area (Å²) in [5.74, 6) is 0. The first-order valence-corrected chi connectivity index (χ1v) is 9.30. The first-order valence-electron chi connectivity index (χ1n) is 9.30. The Hall–Kier alpha value is -2.49. The lowest BCUT2D eigenvalue weighted by atomic mass is 10.1. The van der Waals surface area contributed by atoms with Crippen LogP contribution in [0, 0.1) is 0 Å². The van der Waals surface area contributed by atoms with Gasteiger partial charge in [0.1, 0.15) is 0 Å². The number of aryl methyl sites for hydroxylation is 1. The minimum atomic E-state index is -0.119. The summed E-state index contributed by atoms with van der Waals surface area (Å²) in [6, 6.07) is 16.5. The van der Waals surface area contributed by atoms with E-state index in [0.29, 0.717) is 0 Å². The quantitative estimate of drug-likeness (QED) is 0.868. The van der Waals surface area contributed by atoms with Crippen molar-refractivity contribution >= 4 is 17.4 Å². The predicted molar refractivity (Wildman–Crippen MR) is 102 cm³/mol. The Balaban J connectivity index is 1.45. The van der Waals surface area contributed by atoms with E-state index in [1.807, 2.05) is 24.3 Å². The normalized spacial score (nSPS) is 19.4. The molecular weight excluding hydrogens is 310 g/mol. The number of rotatable bonds is 3. The lowest BCUT2D eigenvalue weighted by Crippen LogP contribution is -2.34. The van der Waals surface area contributed by atoms with E-state index in [9.17, 15) is 4.79 Å². The molecule has 130 valence electrons. The van der Waals surface area contributed by atoms with Crippen molar-refractivity contribution in [2.75, 3.05) is 23.3 Å². The summed E-state index contributed by atoms with van der Waals surface area (Å²) in [5, 5.41) is 6.22. The van der Waals surface area contributed by atoms with Gasteiger partial charge in [0.15, 0.2) is 0 Å². The first-order chi connectivity index (χ1) is 12.3. The van der Waals surface area contributed by atoms with E-state index in [1.165, 1.54) is 30.4 Å². The summed E-state index contributed by atoms with van der Waals surface area (Å²) in [5.41, 5.74) is 4.63. The van der Waals surface area contributed by atoms with Crippen LogP contribution in [0.15, 0.2) is 48.5 Å². The molecule has 2 aliphatic rings. The molecule has 1 saturated heterocycles. The molecule has 2 N–H and O–H groups in total. The SMILES string of the molecule is O=C(Nc1ccccc1N1CCCCC1)N[C@@H]1CCc2ccccc21. The van der Waals surface area contributed by atoms with Crippen molar-refractivity contribution in [2.45, 2.75) is 38.1 Å². The minimum Gasteiger partial charge on any atom is -0.370 e. The molecule has 1 aliphatic carbocycles. The number of benzene rings is 2. The second-order valence-corrected chi connectivity index (χ2v) is 6.95. The number of piperidine rings is 1. The third-order valence-electron chi connectivity index (χ3n) is 5.29. The fourth-order valence-corrected chi connectivity index (χ4v) is 4.01. The summed E-state index contributed by atoms with van der Waals surface area (Å²) in [6.45, 7) is 2.13. The molecule has 0 radical (unpaired) electrons. The molecule has 1 aliphatic heterocycles. The van der Waals surface area contributed by atoms with E-state index in [0.717, 1.165) is 37.3 Å². The Morgan fingerprint density at radius 3 is 2.60 bits per heavy atom. The number of para-hydroxylation sites is 2. The monoisotopic (exact) mass is 335 g/mol. The van der Waals surface area contributed by atoms with Gasteiger partial charge in [-0.3, -0.25) is 0 Å². The van der Waals surface area contributed by atoms with Crippen molar-refractivity contribution in [3.63, 3.8) is 0 Å². The summed E-state index contributed by atoms with van der Waals surface area (Å²) >= 11 is 0. The number of nitrogens with one attached hydrogen (secondary N) is 2. The van der Waals surface area contributed by atoms with Gasteiger partial charge in [-0.15, -0.1) is 0 Å². The Kier molecular flexibility index (Phi) is 4.59. The zero-order valence-corrected chi connectivity index (χ0v) is 14.5. The van der Waals surface area contributed by atoms with Crippen molar-refractivity contribution in [1.29, 1.82) is 0 Å². The molecule has 4 nitrogen and oxygen atoms in total. The molecule has 0 spiro atoms. The van der Waals surface area contributed by atoms with E-state index >= 15 is 0 Å². The van der Waals surface area contributed by atoms with Gasteiger partial charge in [0.2, 0.25) is 0 Å². The maximum atomic E-state index is 12.6. The van der Waals surface area contributed by atoms with Gasteiger partial charge in [-0.1, -0.05) is 36.4 Å². The number of nitrogens with zero attached hydrogens (tertiary/aromatic N) is 1. The van der Waals surface area contributed by atoms with Crippen molar-refractivity contribution in [3.8, 4) is 0 Å². The van der Waals surface area contributed by atoms with Crippen LogP contribution in [-0.2, 0) is 6.42 Å². The molecule has 4 rings (SSSR count). The standard InChI is InChI=1S/C21H25N3O/c25-21(22-18-13-12-16-8-2-3-9-17(16)18)23-19-10-4-5-11-20(19)24-14-6-1-7-15-24/h2-5,8-11,18H,1,6-7,12-15H2,(H2,22,23,25)/t18-/m1/s1. The molecule has 0 saturated carbocycles. The fourth-order valence-electron chi connectivity index (χ4n) is 4.01. The van der Waals surface area contributed by atoms with E-state index in [1.54, 1.807) is 0 Å². The molecular formula is C21H25N3O. The molecule has 0 bridgehead atoms.